The van der Waals surface area contributed by atoms with Crippen molar-refractivity contribution in [2.24, 2.45) is 5.73 Å². The topological polar surface area (TPSA) is 87.9 Å². The molecular weight excluding hydrogens is 452 g/mol. The summed E-state index contributed by atoms with van der Waals surface area (Å²) in [6, 6.07) is 21.7. The van der Waals surface area contributed by atoms with Crippen molar-refractivity contribution in [2.45, 2.75) is 19.8 Å². The van der Waals surface area contributed by atoms with Crippen molar-refractivity contribution in [3.63, 3.8) is 0 Å². The summed E-state index contributed by atoms with van der Waals surface area (Å²) in [6.45, 7) is 7.84. The first-order valence-corrected chi connectivity index (χ1v) is 12.3. The summed E-state index contributed by atoms with van der Waals surface area (Å²) in [6.07, 6.45) is 0. The fraction of sp³-hybridized carbons (Fsp3) is 0.310. The Morgan fingerprint density at radius 1 is 0.944 bits per heavy atom. The molecule has 0 radical (unpaired) electrons. The number of hydrogen-bond acceptors (Lipinski definition) is 5. The number of amides is 2. The van der Waals surface area contributed by atoms with Crippen LogP contribution in [0.3, 0.4) is 0 Å². The number of hydrogen-bond donors (Lipinski definition) is 2. The Bertz CT molecular complexity index is 1200. The summed E-state index contributed by atoms with van der Waals surface area (Å²) in [7, 11) is 1.62. The number of primary amides is 1. The van der Waals surface area contributed by atoms with E-state index in [1.54, 1.807) is 7.11 Å². The minimum Gasteiger partial charge on any atom is -0.496 e. The molecule has 4 rings (SSSR count). The normalized spacial score (nSPS) is 14.1. The zero-order chi connectivity index (χ0) is 25.7. The Balaban J connectivity index is 1.48. The second-order valence-electron chi connectivity index (χ2n) is 9.39. The molecule has 3 aromatic carbocycles. The number of nitrogens with one attached hydrogen (secondary N) is 1. The van der Waals surface area contributed by atoms with Crippen LogP contribution in [0, 0.1) is 0 Å². The van der Waals surface area contributed by atoms with E-state index in [9.17, 15) is 9.59 Å². The van der Waals surface area contributed by atoms with Crippen LogP contribution in [-0.4, -0.2) is 56.5 Å². The molecule has 0 bridgehead atoms. The predicted octanol–water partition coefficient (Wildman–Crippen LogP) is 4.35. The summed E-state index contributed by atoms with van der Waals surface area (Å²) in [4.78, 5) is 28.8. The average molecular weight is 487 g/mol. The molecule has 0 unspecified atom stereocenters. The first-order chi connectivity index (χ1) is 17.4. The molecule has 36 heavy (non-hydrogen) atoms. The fourth-order valence-corrected chi connectivity index (χ4v) is 4.56. The number of anilines is 2. The van der Waals surface area contributed by atoms with E-state index in [1.165, 1.54) is 5.56 Å². The van der Waals surface area contributed by atoms with Gasteiger partial charge in [0.25, 0.3) is 5.91 Å². The summed E-state index contributed by atoms with van der Waals surface area (Å²) in [5.41, 5.74) is 10.6. The minimum absolute atomic E-state index is 0.190. The van der Waals surface area contributed by atoms with Crippen LogP contribution in [0.4, 0.5) is 11.4 Å². The van der Waals surface area contributed by atoms with Gasteiger partial charge in [-0.2, -0.15) is 0 Å². The van der Waals surface area contributed by atoms with Gasteiger partial charge >= 0.3 is 0 Å². The standard InChI is InChI=1S/C29H34N4O3/c1-20(2)21-7-9-22(10-8-21)28-25(5-4-6-26(28)36-3)29(35)31-23-11-13-24(14-12-23)33-17-15-32(16-18-33)19-27(30)34/h4-14,20H,15-19H2,1-3H3,(H2,30,34)(H,31,35). The second-order valence-corrected chi connectivity index (χ2v) is 9.39. The van der Waals surface area contributed by atoms with Crippen LogP contribution in [0.15, 0.2) is 66.7 Å². The quantitative estimate of drug-likeness (QED) is 0.494. The summed E-state index contributed by atoms with van der Waals surface area (Å²) in [5, 5.41) is 3.04. The number of rotatable bonds is 8. The van der Waals surface area contributed by atoms with Gasteiger partial charge in [-0.05, 0) is 53.4 Å². The molecule has 0 saturated carbocycles. The van der Waals surface area contributed by atoms with Crippen molar-refractivity contribution >= 4 is 23.2 Å². The highest BCUT2D eigenvalue weighted by Crippen LogP contribution is 2.35. The molecule has 7 nitrogen and oxygen atoms in total. The van der Waals surface area contributed by atoms with E-state index in [2.05, 4.69) is 41.1 Å². The lowest BCUT2D eigenvalue weighted by molar-refractivity contribution is -0.119. The summed E-state index contributed by atoms with van der Waals surface area (Å²) >= 11 is 0. The molecular formula is C29H34N4O3. The maximum absolute atomic E-state index is 13.3. The molecule has 1 saturated heterocycles. The van der Waals surface area contributed by atoms with E-state index in [4.69, 9.17) is 10.5 Å². The monoisotopic (exact) mass is 486 g/mol. The van der Waals surface area contributed by atoms with Crippen molar-refractivity contribution in [3.8, 4) is 16.9 Å². The van der Waals surface area contributed by atoms with Crippen molar-refractivity contribution in [1.82, 2.24) is 4.90 Å². The molecule has 1 fully saturated rings. The molecule has 0 aliphatic carbocycles. The highest BCUT2D eigenvalue weighted by Gasteiger charge is 2.20. The zero-order valence-corrected chi connectivity index (χ0v) is 21.2. The Hall–Kier alpha value is -3.84. The molecule has 0 atom stereocenters. The highest BCUT2D eigenvalue weighted by atomic mass is 16.5. The Labute approximate surface area is 212 Å². The zero-order valence-electron chi connectivity index (χ0n) is 21.2. The summed E-state index contributed by atoms with van der Waals surface area (Å²) < 4.78 is 5.62. The number of carbonyl (C=O) groups is 2. The molecule has 2 amide bonds. The van der Waals surface area contributed by atoms with E-state index >= 15 is 0 Å². The van der Waals surface area contributed by atoms with Crippen LogP contribution < -0.4 is 20.7 Å². The molecule has 7 heteroatoms. The molecule has 188 valence electrons. The predicted molar refractivity (Wildman–Crippen MR) is 145 cm³/mol. The smallest absolute Gasteiger partial charge is 0.256 e. The molecule has 0 aromatic heterocycles. The van der Waals surface area contributed by atoms with Crippen molar-refractivity contribution in [3.05, 3.63) is 77.9 Å². The van der Waals surface area contributed by atoms with Crippen LogP contribution in [-0.2, 0) is 4.79 Å². The van der Waals surface area contributed by atoms with E-state index in [1.807, 2.05) is 54.6 Å². The van der Waals surface area contributed by atoms with Crippen LogP contribution in [0.1, 0.15) is 35.7 Å². The fourth-order valence-electron chi connectivity index (χ4n) is 4.56. The molecule has 3 aromatic rings. The molecule has 1 aliphatic heterocycles. The third kappa shape index (κ3) is 5.86. The van der Waals surface area contributed by atoms with Crippen LogP contribution in [0.25, 0.3) is 11.1 Å². The maximum atomic E-state index is 13.3. The Morgan fingerprint density at radius 2 is 1.61 bits per heavy atom. The maximum Gasteiger partial charge on any atom is 0.256 e. The van der Waals surface area contributed by atoms with Crippen LogP contribution >= 0.6 is 0 Å². The van der Waals surface area contributed by atoms with E-state index in [0.29, 0.717) is 23.8 Å². The van der Waals surface area contributed by atoms with Gasteiger partial charge in [0.15, 0.2) is 0 Å². The van der Waals surface area contributed by atoms with Gasteiger partial charge in [0.2, 0.25) is 5.91 Å². The largest absolute Gasteiger partial charge is 0.496 e. The first-order valence-electron chi connectivity index (χ1n) is 12.3. The average Bonchev–Trinajstić information content (AvgIpc) is 2.89. The number of nitrogens with zero attached hydrogens (tertiary/aromatic N) is 2. The summed E-state index contributed by atoms with van der Waals surface area (Å²) in [5.74, 6) is 0.604. The third-order valence-corrected chi connectivity index (χ3v) is 6.60. The van der Waals surface area contributed by atoms with Crippen molar-refractivity contribution in [1.29, 1.82) is 0 Å². The number of benzene rings is 3. The number of nitrogens with two attached hydrogens (primary N) is 1. The Kier molecular flexibility index (Phi) is 7.90. The third-order valence-electron chi connectivity index (χ3n) is 6.60. The van der Waals surface area contributed by atoms with E-state index < -0.39 is 0 Å². The SMILES string of the molecule is COc1cccc(C(=O)Nc2ccc(N3CCN(CC(N)=O)CC3)cc2)c1-c1ccc(C(C)C)cc1. The molecule has 3 N–H and O–H groups in total. The molecule has 0 spiro atoms. The van der Waals surface area contributed by atoms with E-state index in [0.717, 1.165) is 48.7 Å². The molecule has 1 aliphatic rings. The van der Waals surface area contributed by atoms with Gasteiger partial charge in [0, 0.05) is 43.1 Å². The van der Waals surface area contributed by atoms with Gasteiger partial charge in [-0.3, -0.25) is 14.5 Å². The highest BCUT2D eigenvalue weighted by molar-refractivity contribution is 6.09. The van der Waals surface area contributed by atoms with Crippen LogP contribution in [0.5, 0.6) is 5.75 Å². The molecule has 1 heterocycles. The number of piperazine rings is 1. The van der Waals surface area contributed by atoms with Gasteiger partial charge in [-0.15, -0.1) is 0 Å². The lowest BCUT2D eigenvalue weighted by Gasteiger charge is -2.35. The first kappa shape index (κ1) is 25.3. The lowest BCUT2D eigenvalue weighted by atomic mass is 9.95. The van der Waals surface area contributed by atoms with Gasteiger partial charge in [-0.1, -0.05) is 44.2 Å². The van der Waals surface area contributed by atoms with Gasteiger partial charge in [-0.25, -0.2) is 0 Å². The van der Waals surface area contributed by atoms with Gasteiger partial charge < -0.3 is 20.7 Å². The van der Waals surface area contributed by atoms with Gasteiger partial charge in [0.1, 0.15) is 5.75 Å². The second kappa shape index (κ2) is 11.3. The van der Waals surface area contributed by atoms with Gasteiger partial charge in [0.05, 0.1) is 19.2 Å². The van der Waals surface area contributed by atoms with Crippen molar-refractivity contribution < 1.29 is 14.3 Å². The Morgan fingerprint density at radius 3 is 2.19 bits per heavy atom. The number of methoxy groups -OCH3 is 1. The van der Waals surface area contributed by atoms with E-state index in [-0.39, 0.29) is 11.8 Å². The lowest BCUT2D eigenvalue weighted by Crippen LogP contribution is -2.48. The minimum atomic E-state index is -0.296. The number of carbonyl (C=O) groups excluding carboxylic acids is 2. The van der Waals surface area contributed by atoms with Crippen LogP contribution in [0.2, 0.25) is 0 Å². The van der Waals surface area contributed by atoms with Crippen molar-refractivity contribution in [2.75, 3.05) is 50.1 Å². The number of ether oxygens (including phenoxy) is 1.